The van der Waals surface area contributed by atoms with Crippen LogP contribution in [0.25, 0.3) is 0 Å². The summed E-state index contributed by atoms with van der Waals surface area (Å²) in [6.07, 6.45) is 9.48. The zero-order valence-electron chi connectivity index (χ0n) is 19.0. The molecular weight excluding hydrogens is 426 g/mol. The van der Waals surface area contributed by atoms with Crippen LogP contribution < -0.4 is 20.6 Å². The lowest BCUT2D eigenvalue weighted by Gasteiger charge is -2.35. The molecule has 0 atom stereocenters. The van der Waals surface area contributed by atoms with Crippen LogP contribution in [0.15, 0.2) is 18.2 Å². The number of benzene rings is 1. The van der Waals surface area contributed by atoms with Crippen molar-refractivity contribution in [1.29, 1.82) is 0 Å². The summed E-state index contributed by atoms with van der Waals surface area (Å²) in [7, 11) is 4.22. The Balaban J connectivity index is 1.58. The first-order valence-electron chi connectivity index (χ1n) is 11.7. The maximum atomic E-state index is 11.6. The van der Waals surface area contributed by atoms with E-state index in [4.69, 9.17) is 21.6 Å². The lowest BCUT2D eigenvalue weighted by Crippen LogP contribution is -2.42. The number of nitrogens with zero attached hydrogens (tertiary/aromatic N) is 5. The Kier molecular flexibility index (Phi) is 7.52. The average Bonchev–Trinajstić information content (AvgIpc) is 3.05. The van der Waals surface area contributed by atoms with Crippen LogP contribution in [-0.2, 0) is 0 Å². The molecule has 1 aliphatic carbocycles. The predicted molar refractivity (Wildman–Crippen MR) is 128 cm³/mol. The van der Waals surface area contributed by atoms with Gasteiger partial charge in [-0.1, -0.05) is 49.1 Å². The number of hydrogen-bond donors (Lipinski definition) is 2. The van der Waals surface area contributed by atoms with E-state index in [1.165, 1.54) is 31.7 Å². The number of hydrogen-bond acceptors (Lipinski definition) is 8. The first-order chi connectivity index (χ1) is 15.5. The number of piperidine rings is 1. The number of rotatable bonds is 6. The van der Waals surface area contributed by atoms with Crippen LogP contribution >= 0.6 is 11.6 Å². The molecule has 1 aliphatic heterocycles. The standard InChI is InChI=1S/C23H34ClN7O/c1-30-13-11-18(12-14-30)31(2)23-28-21(25-16-7-5-3-4-6-8-16)27-22(29-23)26-17-9-10-20(32)19(24)15-17/h9-10,15-16,18,32H,3-8,11-14H2,1-2H3,(H2,25,26,27,28,29)/p-1. The van der Waals surface area contributed by atoms with Gasteiger partial charge in [0.15, 0.2) is 0 Å². The van der Waals surface area contributed by atoms with Gasteiger partial charge >= 0.3 is 0 Å². The topological polar surface area (TPSA) is 92.3 Å². The summed E-state index contributed by atoms with van der Waals surface area (Å²) in [4.78, 5) is 18.7. The van der Waals surface area contributed by atoms with Gasteiger partial charge in [0.25, 0.3) is 0 Å². The molecule has 8 nitrogen and oxygen atoms in total. The van der Waals surface area contributed by atoms with E-state index < -0.39 is 0 Å². The van der Waals surface area contributed by atoms with Gasteiger partial charge < -0.3 is 25.5 Å². The van der Waals surface area contributed by atoms with E-state index in [0.717, 1.165) is 38.8 Å². The van der Waals surface area contributed by atoms with E-state index in [0.29, 0.717) is 35.6 Å². The van der Waals surface area contributed by atoms with Crippen molar-refractivity contribution in [3.05, 3.63) is 23.2 Å². The van der Waals surface area contributed by atoms with Crippen LogP contribution in [0.3, 0.4) is 0 Å². The number of likely N-dealkylation sites (tertiary alicyclic amines) is 1. The van der Waals surface area contributed by atoms with Gasteiger partial charge in [0.2, 0.25) is 17.8 Å². The van der Waals surface area contributed by atoms with Gasteiger partial charge in [-0.05, 0) is 58.0 Å². The van der Waals surface area contributed by atoms with Gasteiger partial charge in [0.1, 0.15) is 0 Å². The third-order valence-corrected chi connectivity index (χ3v) is 6.85. The van der Waals surface area contributed by atoms with Gasteiger partial charge in [-0.15, -0.1) is 0 Å². The second-order valence-corrected chi connectivity index (χ2v) is 9.44. The van der Waals surface area contributed by atoms with E-state index in [9.17, 15) is 5.11 Å². The largest absolute Gasteiger partial charge is 0.871 e. The van der Waals surface area contributed by atoms with Crippen LogP contribution in [0.2, 0.25) is 5.02 Å². The first-order valence-corrected chi connectivity index (χ1v) is 12.0. The summed E-state index contributed by atoms with van der Waals surface area (Å²) in [6, 6.07) is 5.51. The minimum absolute atomic E-state index is 0.171. The number of halogens is 1. The Morgan fingerprint density at radius 1 is 1.00 bits per heavy atom. The normalized spacial score (nSPS) is 18.8. The SMILES string of the molecule is CN1CCC(N(C)c2nc(Nc3ccc([O-])c(Cl)c3)nc(NC3CCCCCC3)n2)CC1. The maximum Gasteiger partial charge on any atom is 0.233 e. The average molecular weight is 459 g/mol. The van der Waals surface area contributed by atoms with Crippen molar-refractivity contribution in [3.8, 4) is 5.75 Å². The fraction of sp³-hybridized carbons (Fsp3) is 0.609. The second kappa shape index (κ2) is 10.5. The van der Waals surface area contributed by atoms with Crippen molar-refractivity contribution < 1.29 is 5.11 Å². The van der Waals surface area contributed by atoms with Crippen molar-refractivity contribution in [1.82, 2.24) is 19.9 Å². The Hall–Kier alpha value is -2.32. The molecule has 1 saturated carbocycles. The maximum absolute atomic E-state index is 11.6. The van der Waals surface area contributed by atoms with E-state index in [-0.39, 0.29) is 10.8 Å². The van der Waals surface area contributed by atoms with Crippen LogP contribution in [0.5, 0.6) is 5.75 Å². The lowest BCUT2D eigenvalue weighted by atomic mass is 10.0. The Morgan fingerprint density at radius 2 is 1.69 bits per heavy atom. The van der Waals surface area contributed by atoms with Crippen molar-refractivity contribution in [2.45, 2.75) is 63.5 Å². The van der Waals surface area contributed by atoms with Crippen LogP contribution in [0.4, 0.5) is 23.5 Å². The van der Waals surface area contributed by atoms with E-state index in [1.54, 1.807) is 12.1 Å². The Morgan fingerprint density at radius 3 is 2.38 bits per heavy atom. The summed E-state index contributed by atoms with van der Waals surface area (Å²) in [5.41, 5.74) is 0.675. The van der Waals surface area contributed by atoms with Crippen LogP contribution in [0, 0.1) is 0 Å². The summed E-state index contributed by atoms with van der Waals surface area (Å²) in [5, 5.41) is 18.6. The van der Waals surface area contributed by atoms with E-state index in [1.807, 2.05) is 0 Å². The molecule has 2 fully saturated rings. The molecule has 0 bridgehead atoms. The molecule has 0 unspecified atom stereocenters. The van der Waals surface area contributed by atoms with Crippen molar-refractivity contribution >= 4 is 35.1 Å². The number of nitrogens with one attached hydrogen (secondary N) is 2. The molecule has 1 saturated heterocycles. The highest BCUT2D eigenvalue weighted by molar-refractivity contribution is 6.32. The van der Waals surface area contributed by atoms with Gasteiger partial charge in [0, 0.05) is 29.8 Å². The Labute approximate surface area is 195 Å². The second-order valence-electron chi connectivity index (χ2n) is 9.03. The molecule has 0 spiro atoms. The molecule has 1 aromatic heterocycles. The summed E-state index contributed by atoms with van der Waals surface area (Å²) in [5.74, 6) is 1.49. The number of aromatic nitrogens is 3. The highest BCUT2D eigenvalue weighted by atomic mass is 35.5. The van der Waals surface area contributed by atoms with Crippen molar-refractivity contribution in [2.24, 2.45) is 0 Å². The highest BCUT2D eigenvalue weighted by Gasteiger charge is 2.24. The van der Waals surface area contributed by atoms with Gasteiger partial charge in [0.05, 0.1) is 0 Å². The molecular formula is C23H33ClN7O-. The van der Waals surface area contributed by atoms with E-state index in [2.05, 4.69) is 39.5 Å². The van der Waals surface area contributed by atoms with Gasteiger partial charge in [-0.2, -0.15) is 15.0 Å². The molecule has 174 valence electrons. The third-order valence-electron chi connectivity index (χ3n) is 6.55. The molecule has 2 aromatic rings. The highest BCUT2D eigenvalue weighted by Crippen LogP contribution is 2.27. The Bertz CT molecular complexity index is 896. The quantitative estimate of drug-likeness (QED) is 0.627. The minimum atomic E-state index is -0.203. The van der Waals surface area contributed by atoms with Crippen molar-refractivity contribution in [2.75, 3.05) is 42.7 Å². The molecule has 2 aliphatic rings. The first kappa shape index (κ1) is 22.9. The monoisotopic (exact) mass is 458 g/mol. The zero-order valence-corrected chi connectivity index (χ0v) is 19.7. The zero-order chi connectivity index (χ0) is 22.5. The molecule has 9 heteroatoms. The molecule has 2 heterocycles. The fourth-order valence-electron chi connectivity index (χ4n) is 4.50. The predicted octanol–water partition coefficient (Wildman–Crippen LogP) is 4.01. The third kappa shape index (κ3) is 5.92. The van der Waals surface area contributed by atoms with Crippen LogP contribution in [-0.4, -0.2) is 59.1 Å². The van der Waals surface area contributed by atoms with Crippen molar-refractivity contribution in [3.63, 3.8) is 0 Å². The molecule has 0 radical (unpaired) electrons. The molecule has 32 heavy (non-hydrogen) atoms. The van der Waals surface area contributed by atoms with Gasteiger partial charge in [-0.25, -0.2) is 0 Å². The van der Waals surface area contributed by atoms with E-state index >= 15 is 0 Å². The molecule has 4 rings (SSSR count). The van der Waals surface area contributed by atoms with Crippen LogP contribution in [0.1, 0.15) is 51.4 Å². The molecule has 1 aromatic carbocycles. The molecule has 2 N–H and O–H groups in total. The summed E-state index contributed by atoms with van der Waals surface area (Å²) < 4.78 is 0. The molecule has 0 amide bonds. The minimum Gasteiger partial charge on any atom is -0.871 e. The lowest BCUT2D eigenvalue weighted by molar-refractivity contribution is -0.268. The summed E-state index contributed by atoms with van der Waals surface area (Å²) in [6.45, 7) is 2.14. The number of anilines is 4. The fourth-order valence-corrected chi connectivity index (χ4v) is 4.68. The van der Waals surface area contributed by atoms with Gasteiger partial charge in [-0.3, -0.25) is 0 Å². The summed E-state index contributed by atoms with van der Waals surface area (Å²) >= 11 is 6.02. The smallest absolute Gasteiger partial charge is 0.233 e.